The van der Waals surface area contributed by atoms with Gasteiger partial charge in [-0.25, -0.2) is 45.5 Å². The molecule has 0 spiro atoms. The van der Waals surface area contributed by atoms with E-state index < -0.39 is 90.0 Å². The number of aromatic hydroxyl groups is 2. The minimum absolute atomic E-state index is 0. The Balaban J connectivity index is 0.000000393. The molecule has 4 saturated carbocycles. The molecule has 0 amide bonds. The number of fused-ring (bicyclic) bond motifs is 4. The van der Waals surface area contributed by atoms with Crippen LogP contribution in [-0.2, 0) is 50.9 Å². The Bertz CT molecular complexity index is 5430. The van der Waals surface area contributed by atoms with Crippen LogP contribution in [0.25, 0.3) is 43.9 Å². The van der Waals surface area contributed by atoms with E-state index in [9.17, 15) is 55.1 Å². The number of carbonyl (C=O) groups excluding carboxylic acids is 6. The first kappa shape index (κ1) is 120. The van der Waals surface area contributed by atoms with Crippen molar-refractivity contribution in [1.29, 1.82) is 0 Å². The van der Waals surface area contributed by atoms with Gasteiger partial charge in [-0.2, -0.15) is 0 Å². The zero-order valence-corrected chi connectivity index (χ0v) is 82.0. The van der Waals surface area contributed by atoms with Crippen molar-refractivity contribution >= 4 is 195 Å². The molecule has 6 N–H and O–H groups in total. The average molecular weight is 2230 g/mol. The second-order valence-electron chi connectivity index (χ2n) is 30.4. The molecule has 4 aliphatic carbocycles. The SMILES string of the molecule is C.C.C.C1N2CN3CN1CN(C2)C3.CCOC(=O)CBr.CCOC(=O)c1cc2cc(Br)cc(F)c2o1.CCOC(=O)c1cc2cc(C3CC3)cc(F)c2o1.CCOC(=O)c1oc2c(F)cc(C3CC3)cc2c1B1OC(C)(C)C(C)(C)O1.CCOC(=O)c1oc2c(F)cc(C3CC3)cc2c1Cl.CO.O=Cc1cc(Br)cc(F)c1O.OB(O)C1CC1.Oc1ccc(Br)cc1F.[Cl][Cu][Cl].[Li+].[OH-]. The molecule has 5 aliphatic heterocycles. The molecule has 4 bridgehead atoms. The quantitative estimate of drug-likeness (QED) is 0.0150. The van der Waals surface area contributed by atoms with Crippen LogP contribution in [0.4, 0.5) is 26.3 Å². The summed E-state index contributed by atoms with van der Waals surface area (Å²) in [6.07, 6.45) is 8.80. The summed E-state index contributed by atoms with van der Waals surface area (Å²) in [7, 11) is 8.46. The van der Waals surface area contributed by atoms with E-state index >= 15 is 0 Å². The summed E-state index contributed by atoms with van der Waals surface area (Å²) in [5.74, 6) is -5.60. The zero-order chi connectivity index (χ0) is 94.3. The van der Waals surface area contributed by atoms with Gasteiger partial charge >= 0.3 is 96.3 Å². The number of furan rings is 4. The van der Waals surface area contributed by atoms with Gasteiger partial charge in [0.2, 0.25) is 23.0 Å². The number of aldehydes is 1. The van der Waals surface area contributed by atoms with Crippen LogP contribution in [0.5, 0.6) is 11.5 Å². The predicted molar refractivity (Wildman–Crippen MR) is 502 cm³/mol. The Labute approximate surface area is 834 Å². The van der Waals surface area contributed by atoms with Gasteiger partial charge < -0.3 is 81.5 Å². The fourth-order valence-corrected chi connectivity index (χ4v) is 14.6. The number of benzene rings is 6. The summed E-state index contributed by atoms with van der Waals surface area (Å²) < 4.78 is 140. The van der Waals surface area contributed by atoms with Crippen LogP contribution in [0.1, 0.15) is 223 Å². The molecule has 133 heavy (non-hydrogen) atoms. The molecule has 731 valence electrons. The third-order valence-electron chi connectivity index (χ3n) is 20.1. The largest absolute Gasteiger partial charge is 1.00 e. The van der Waals surface area contributed by atoms with Crippen LogP contribution in [-0.4, -0.2) is 198 Å². The average Bonchev–Trinajstić information content (AvgIpc) is 1.58. The van der Waals surface area contributed by atoms with Gasteiger partial charge in [0.25, 0.3) is 0 Å². The third-order valence-corrected chi connectivity index (χ3v) is 22.3. The van der Waals surface area contributed by atoms with Crippen molar-refractivity contribution in [3.05, 3.63) is 190 Å². The molecule has 19 rings (SSSR count). The Hall–Kier alpha value is -6.68. The van der Waals surface area contributed by atoms with E-state index in [1.165, 1.54) is 88.5 Å². The maximum Gasteiger partial charge on any atom is 1.00 e. The number of ether oxygens (including phenoxy) is 5. The number of halogens is 13. The molecule has 9 fully saturated rings. The number of hydrogen-bond acceptors (Lipinski definition) is 27. The topological polar surface area (TPSA) is 364 Å². The van der Waals surface area contributed by atoms with Gasteiger partial charge in [0.05, 0.1) is 89.8 Å². The molecule has 44 heteroatoms. The van der Waals surface area contributed by atoms with Crippen molar-refractivity contribution < 1.29 is 169 Å². The van der Waals surface area contributed by atoms with Gasteiger partial charge in [0.15, 0.2) is 75.0 Å². The molecular formula is C89H108B2Br4Cl3CuF6LiN4O23. The Morgan fingerprint density at radius 1 is 0.504 bits per heavy atom. The fraction of sp³-hybridized carbons (Fsp3) is 0.438. The van der Waals surface area contributed by atoms with E-state index in [4.69, 9.17) is 82.9 Å². The summed E-state index contributed by atoms with van der Waals surface area (Å²) >= 11 is 19.0. The van der Waals surface area contributed by atoms with Crippen molar-refractivity contribution in [1.82, 2.24) is 19.6 Å². The molecule has 9 heterocycles. The van der Waals surface area contributed by atoms with Gasteiger partial charge in [0, 0.05) is 47.5 Å². The minimum Gasteiger partial charge on any atom is -0.870 e. The van der Waals surface area contributed by atoms with Crippen LogP contribution in [0.15, 0.2) is 122 Å². The molecule has 5 saturated heterocycles. The number of hydrogen-bond donors (Lipinski definition) is 5. The molecular weight excluding hydrogens is 2130 g/mol. The number of alkyl halides is 1. The van der Waals surface area contributed by atoms with Crippen molar-refractivity contribution in [2.45, 2.75) is 171 Å². The first-order valence-corrected chi connectivity index (χ1v) is 46.6. The summed E-state index contributed by atoms with van der Waals surface area (Å²) in [5, 5.41) is 43.5. The number of nitrogens with zero attached hydrogens (tertiary/aromatic N) is 4. The van der Waals surface area contributed by atoms with Gasteiger partial charge in [-0.1, -0.05) is 110 Å². The zero-order valence-electron chi connectivity index (χ0n) is 72.5. The van der Waals surface area contributed by atoms with Crippen LogP contribution in [0.3, 0.4) is 0 Å². The summed E-state index contributed by atoms with van der Waals surface area (Å²) in [4.78, 5) is 77.2. The first-order valence-electron chi connectivity index (χ1n) is 40.2. The Morgan fingerprint density at radius 2 is 0.865 bits per heavy atom. The van der Waals surface area contributed by atoms with E-state index in [0.717, 1.165) is 94.4 Å². The Kier molecular flexibility index (Phi) is 51.1. The molecule has 27 nitrogen and oxygen atoms in total. The molecule has 0 radical (unpaired) electrons. The van der Waals surface area contributed by atoms with E-state index in [-0.39, 0.29) is 147 Å². The summed E-state index contributed by atoms with van der Waals surface area (Å²) in [6.45, 7) is 24.8. The van der Waals surface area contributed by atoms with Crippen LogP contribution in [0, 0.1) is 34.9 Å². The second-order valence-corrected chi connectivity index (χ2v) is 35.6. The van der Waals surface area contributed by atoms with Crippen LogP contribution in [0.2, 0.25) is 10.8 Å². The summed E-state index contributed by atoms with van der Waals surface area (Å²) in [6, 6.07) is 22.5. The monoisotopic (exact) mass is 2230 g/mol. The Morgan fingerprint density at radius 3 is 1.24 bits per heavy atom. The number of carbonyl (C=O) groups is 6. The summed E-state index contributed by atoms with van der Waals surface area (Å²) in [5.41, 5.74) is 2.19. The van der Waals surface area contributed by atoms with Gasteiger partial charge in [0.1, 0.15) is 10.4 Å². The van der Waals surface area contributed by atoms with Gasteiger partial charge in [-0.3, -0.25) is 29.2 Å². The maximum atomic E-state index is 14.7. The van der Waals surface area contributed by atoms with Gasteiger partial charge in [-0.05, 0) is 232 Å². The van der Waals surface area contributed by atoms with Crippen molar-refractivity contribution in [2.24, 2.45) is 0 Å². The fourth-order valence-electron chi connectivity index (χ4n) is 13.0. The second kappa shape index (κ2) is 56.4. The third kappa shape index (κ3) is 34.1. The van der Waals surface area contributed by atoms with Crippen molar-refractivity contribution in [3.63, 3.8) is 0 Å². The number of rotatable bonds is 16. The van der Waals surface area contributed by atoms with Crippen molar-refractivity contribution in [3.8, 4) is 11.5 Å². The maximum absolute atomic E-state index is 14.7. The molecule has 4 aromatic heterocycles. The molecule has 0 unspecified atom stereocenters. The molecule has 9 aliphatic rings. The number of aliphatic hydroxyl groups excluding tert-OH is 1. The van der Waals surface area contributed by atoms with Crippen molar-refractivity contribution in [2.75, 3.05) is 85.5 Å². The van der Waals surface area contributed by atoms with E-state index in [2.05, 4.69) is 108 Å². The van der Waals surface area contributed by atoms with Crippen LogP contribution < -0.4 is 24.3 Å². The number of phenolic OH excluding ortho intramolecular Hbond substituents is 2. The van der Waals surface area contributed by atoms with Gasteiger partial charge in [-0.15, -0.1) is 0 Å². The standard InChI is InChI=1S/C20H24BFO5.C14H12ClFO3.C14H13FO3.C11H8BrFO3.C7H4BrFO2.C6H4BrFO.C6H12N4.C4H7BrO2.C3H7BO2.CH4O.3CH4.2ClH.Cu.Li.H2O/c1-6-24-18(23)17-15(21-26-19(2,3)20(4,5)27-21)13-9-12(11-7-8-11)10-14(22)16(13)25-17;1-2-18-14(17)13-11(15)9-5-8(7-3-4-7)6-10(16)12(9)19-13;1-2-17-14(16)12-7-10-5-9(8-3-4-8)6-11(15)13(10)18-12;1-2-15-11(14)9-4-6-3-7(12)5-8(13)10(6)16-9;8-5-1-4(3-10)7(11)6(9)2-5;7-4-1-2-6(9)5(8)3-4;1-7-2-9-4-8(1)5-10(3-7)6-9;1-2-7-4(6)3-5;5-4(6)3-1-2-3;1-2;;;;;;;;/h9-11H,6-8H2,1-5H3;5-7H,2-4H2,1H3;5-8H,2-4H2,1H3;3-5H,2H2,1H3;1-3,11H;1-3,9H;1-6H2;2-3H2,1H3;3,5-6H,1-2H2;2H,1H3;3*1H4;2*1H;;;1H2/q;;;;;;;;;;;;;;;+2;+1;/p-3. The minimum atomic E-state index is -1.04. The molecule has 0 atom stereocenters. The number of aliphatic hydroxyl groups is 1. The first-order chi connectivity index (χ1) is 60.8. The smallest absolute Gasteiger partial charge is 0.870 e. The van der Waals surface area contributed by atoms with E-state index in [1.807, 2.05) is 39.8 Å². The van der Waals surface area contributed by atoms with Crippen LogP contribution >= 0.6 is 95.5 Å². The molecule has 6 aromatic carbocycles. The van der Waals surface area contributed by atoms with E-state index in [1.54, 1.807) is 58.9 Å². The normalized spacial score (nSPS) is 17.1. The number of esters is 5. The number of phenols is 2. The molecule has 10 aromatic rings. The predicted octanol–water partition coefficient (Wildman–Crippen LogP) is 19.0. The van der Waals surface area contributed by atoms with E-state index in [0.29, 0.717) is 76.4 Å².